The van der Waals surface area contributed by atoms with Crippen LogP contribution in [0.1, 0.15) is 41.4 Å². The molecule has 7 heteroatoms. The van der Waals surface area contributed by atoms with E-state index >= 15 is 0 Å². The molecule has 0 radical (unpaired) electrons. The van der Waals surface area contributed by atoms with Crippen molar-refractivity contribution < 1.29 is 14.0 Å². The largest absolute Gasteiger partial charge is 0.369 e. The van der Waals surface area contributed by atoms with Crippen LogP contribution < -0.4 is 15.5 Å². The number of piperazine rings is 1. The van der Waals surface area contributed by atoms with Crippen LogP contribution in [-0.4, -0.2) is 49.9 Å². The van der Waals surface area contributed by atoms with Crippen molar-refractivity contribution in [3.8, 4) is 0 Å². The summed E-state index contributed by atoms with van der Waals surface area (Å²) >= 11 is 0. The number of anilines is 1. The lowest BCUT2D eigenvalue weighted by Crippen LogP contribution is -2.45. The molecule has 1 atom stereocenters. The number of carbonyl (C=O) groups is 2. The molecule has 0 saturated carbocycles. The molecule has 1 heterocycles. The monoisotopic (exact) mass is 412 g/mol. The minimum absolute atomic E-state index is 0.100. The lowest BCUT2D eigenvalue weighted by molar-refractivity contribution is -0.119. The van der Waals surface area contributed by atoms with Crippen LogP contribution in [0.25, 0.3) is 0 Å². The third-order valence-electron chi connectivity index (χ3n) is 5.41. The van der Waals surface area contributed by atoms with E-state index in [1.165, 1.54) is 19.1 Å². The fraction of sp³-hybridized carbons (Fsp3) is 0.391. The number of carbonyl (C=O) groups excluding carboxylic acids is 2. The molecular formula is C23H29FN4O2. The Morgan fingerprint density at radius 1 is 1.07 bits per heavy atom. The lowest BCUT2D eigenvalue weighted by atomic mass is 10.0. The molecule has 6 nitrogen and oxygen atoms in total. The van der Waals surface area contributed by atoms with Gasteiger partial charge >= 0.3 is 0 Å². The first-order valence-electron chi connectivity index (χ1n) is 10.2. The summed E-state index contributed by atoms with van der Waals surface area (Å²) in [4.78, 5) is 28.3. The maximum absolute atomic E-state index is 14.0. The SMILES string of the molecule is CC(=O)NCc1ccc(C(=O)NC(C)c2cc(F)ccc2N2CCN(C)CC2)cc1. The molecule has 3 rings (SSSR count). The van der Waals surface area contributed by atoms with E-state index in [2.05, 4.69) is 27.5 Å². The summed E-state index contributed by atoms with van der Waals surface area (Å²) in [6.45, 7) is 7.39. The Kier molecular flexibility index (Phi) is 7.05. The molecule has 2 N–H and O–H groups in total. The Bertz CT molecular complexity index is 893. The summed E-state index contributed by atoms with van der Waals surface area (Å²) < 4.78 is 14.0. The molecule has 0 aromatic heterocycles. The zero-order valence-electron chi connectivity index (χ0n) is 17.7. The number of hydrogen-bond acceptors (Lipinski definition) is 4. The van der Waals surface area contributed by atoms with Crippen LogP contribution in [0.5, 0.6) is 0 Å². The molecule has 1 aliphatic rings. The van der Waals surface area contributed by atoms with Gasteiger partial charge in [0.05, 0.1) is 6.04 Å². The summed E-state index contributed by atoms with van der Waals surface area (Å²) in [6.07, 6.45) is 0. The van der Waals surface area contributed by atoms with Crippen LogP contribution in [-0.2, 0) is 11.3 Å². The molecule has 2 aromatic carbocycles. The van der Waals surface area contributed by atoms with Gasteiger partial charge in [0, 0.05) is 56.5 Å². The van der Waals surface area contributed by atoms with E-state index in [1.54, 1.807) is 18.2 Å². The van der Waals surface area contributed by atoms with Gasteiger partial charge in [-0.1, -0.05) is 12.1 Å². The van der Waals surface area contributed by atoms with Gasteiger partial charge < -0.3 is 20.4 Å². The van der Waals surface area contributed by atoms with Gasteiger partial charge in [0.1, 0.15) is 5.82 Å². The Labute approximate surface area is 177 Å². The molecule has 1 fully saturated rings. The second-order valence-corrected chi connectivity index (χ2v) is 7.80. The van der Waals surface area contributed by atoms with Crippen LogP contribution in [0.15, 0.2) is 42.5 Å². The quantitative estimate of drug-likeness (QED) is 0.766. The first-order chi connectivity index (χ1) is 14.3. The highest BCUT2D eigenvalue weighted by atomic mass is 19.1. The van der Waals surface area contributed by atoms with Gasteiger partial charge in [-0.05, 0) is 49.9 Å². The molecule has 0 bridgehead atoms. The fourth-order valence-electron chi connectivity index (χ4n) is 3.57. The van der Waals surface area contributed by atoms with Crippen LogP contribution in [0, 0.1) is 5.82 Å². The maximum atomic E-state index is 14.0. The van der Waals surface area contributed by atoms with E-state index in [-0.39, 0.29) is 23.7 Å². The molecule has 0 aliphatic carbocycles. The number of rotatable bonds is 6. The van der Waals surface area contributed by atoms with Gasteiger partial charge in [0.25, 0.3) is 5.91 Å². The average Bonchev–Trinajstić information content (AvgIpc) is 2.73. The lowest BCUT2D eigenvalue weighted by Gasteiger charge is -2.36. The normalized spacial score (nSPS) is 15.5. The van der Waals surface area contributed by atoms with Crippen molar-refractivity contribution in [1.82, 2.24) is 15.5 Å². The number of likely N-dealkylation sites (N-methyl/N-ethyl adjacent to an activating group) is 1. The van der Waals surface area contributed by atoms with Crippen LogP contribution >= 0.6 is 0 Å². The highest BCUT2D eigenvalue weighted by molar-refractivity contribution is 5.94. The highest BCUT2D eigenvalue weighted by Crippen LogP contribution is 2.28. The van der Waals surface area contributed by atoms with Crippen LogP contribution in [0.3, 0.4) is 0 Å². The Morgan fingerprint density at radius 3 is 2.37 bits per heavy atom. The van der Waals surface area contributed by atoms with E-state index < -0.39 is 0 Å². The summed E-state index contributed by atoms with van der Waals surface area (Å²) in [5.74, 6) is -0.634. The zero-order chi connectivity index (χ0) is 21.7. The van der Waals surface area contributed by atoms with Gasteiger partial charge in [-0.25, -0.2) is 4.39 Å². The number of halogens is 1. The number of nitrogens with zero attached hydrogens (tertiary/aromatic N) is 2. The van der Waals surface area contributed by atoms with Gasteiger partial charge in [0.2, 0.25) is 5.91 Å². The Morgan fingerprint density at radius 2 is 1.73 bits per heavy atom. The van der Waals surface area contributed by atoms with Gasteiger partial charge in [-0.15, -0.1) is 0 Å². The minimum atomic E-state index is -0.345. The third kappa shape index (κ3) is 5.57. The van der Waals surface area contributed by atoms with E-state index in [4.69, 9.17) is 0 Å². The van der Waals surface area contributed by atoms with Crippen molar-refractivity contribution in [2.24, 2.45) is 0 Å². The molecule has 1 saturated heterocycles. The van der Waals surface area contributed by atoms with Crippen molar-refractivity contribution in [2.45, 2.75) is 26.4 Å². The van der Waals surface area contributed by atoms with E-state index in [0.717, 1.165) is 43.0 Å². The van der Waals surface area contributed by atoms with E-state index in [0.29, 0.717) is 12.1 Å². The van der Waals surface area contributed by atoms with Crippen molar-refractivity contribution in [1.29, 1.82) is 0 Å². The Hall–Kier alpha value is -2.93. The molecular weight excluding hydrogens is 383 g/mol. The van der Waals surface area contributed by atoms with Crippen molar-refractivity contribution in [3.63, 3.8) is 0 Å². The highest BCUT2D eigenvalue weighted by Gasteiger charge is 2.21. The molecule has 1 aliphatic heterocycles. The van der Waals surface area contributed by atoms with Crippen LogP contribution in [0.2, 0.25) is 0 Å². The number of amides is 2. The van der Waals surface area contributed by atoms with Gasteiger partial charge in [-0.2, -0.15) is 0 Å². The fourth-order valence-corrected chi connectivity index (χ4v) is 3.57. The molecule has 2 aromatic rings. The topological polar surface area (TPSA) is 64.7 Å². The van der Waals surface area contributed by atoms with Gasteiger partial charge in [0.15, 0.2) is 0 Å². The first kappa shape index (κ1) is 21.8. The number of benzene rings is 2. The number of nitrogens with one attached hydrogen (secondary N) is 2. The predicted molar refractivity (Wildman–Crippen MR) is 116 cm³/mol. The molecule has 160 valence electrons. The maximum Gasteiger partial charge on any atom is 0.251 e. The first-order valence-corrected chi connectivity index (χ1v) is 10.2. The van der Waals surface area contributed by atoms with Crippen molar-refractivity contribution in [2.75, 3.05) is 38.1 Å². The molecule has 2 amide bonds. The minimum Gasteiger partial charge on any atom is -0.369 e. The van der Waals surface area contributed by atoms with Crippen molar-refractivity contribution >= 4 is 17.5 Å². The van der Waals surface area contributed by atoms with Crippen LogP contribution in [0.4, 0.5) is 10.1 Å². The van der Waals surface area contributed by atoms with E-state index in [9.17, 15) is 14.0 Å². The molecule has 0 spiro atoms. The summed E-state index contributed by atoms with van der Waals surface area (Å²) in [7, 11) is 2.09. The summed E-state index contributed by atoms with van der Waals surface area (Å²) in [5.41, 5.74) is 3.17. The Balaban J connectivity index is 1.70. The van der Waals surface area contributed by atoms with Gasteiger partial charge in [-0.3, -0.25) is 9.59 Å². The molecule has 1 unspecified atom stereocenters. The number of hydrogen-bond donors (Lipinski definition) is 2. The summed E-state index contributed by atoms with van der Waals surface area (Å²) in [6, 6.07) is 11.5. The summed E-state index contributed by atoms with van der Waals surface area (Å²) in [5, 5.41) is 5.71. The second kappa shape index (κ2) is 9.71. The third-order valence-corrected chi connectivity index (χ3v) is 5.41. The zero-order valence-corrected chi connectivity index (χ0v) is 17.7. The van der Waals surface area contributed by atoms with E-state index in [1.807, 2.05) is 19.1 Å². The predicted octanol–water partition coefficient (Wildman–Crippen LogP) is 2.70. The van der Waals surface area contributed by atoms with Crippen molar-refractivity contribution in [3.05, 3.63) is 65.0 Å². The smallest absolute Gasteiger partial charge is 0.251 e. The second-order valence-electron chi connectivity index (χ2n) is 7.80. The molecule has 30 heavy (non-hydrogen) atoms. The standard InChI is InChI=1S/C23H29FN4O2/c1-16(26-23(30)19-6-4-18(5-7-19)15-25-17(2)29)21-14-20(24)8-9-22(21)28-12-10-27(3)11-13-28/h4-9,14,16H,10-13,15H2,1-3H3,(H,25,29)(H,26,30). The average molecular weight is 413 g/mol.